The summed E-state index contributed by atoms with van der Waals surface area (Å²) in [5.74, 6) is 0.879. The predicted molar refractivity (Wildman–Crippen MR) is 125 cm³/mol. The van der Waals surface area contributed by atoms with Crippen molar-refractivity contribution in [2.75, 3.05) is 38.1 Å². The van der Waals surface area contributed by atoms with Gasteiger partial charge in [0.2, 0.25) is 5.95 Å². The number of aromatic nitrogens is 2. The molecule has 5 nitrogen and oxygen atoms in total. The summed E-state index contributed by atoms with van der Waals surface area (Å²) in [6.45, 7) is 3.82. The van der Waals surface area contributed by atoms with Gasteiger partial charge in [-0.15, -0.1) is 0 Å². The van der Waals surface area contributed by atoms with E-state index in [1.54, 1.807) is 18.5 Å². The lowest BCUT2D eigenvalue weighted by molar-refractivity contribution is 0.110. The SMILES string of the molecule is CN(c1ncccn1)C1CCC(CC(c2cccc(Cl)c2Cl)N2CCNCC2)CC1F. The van der Waals surface area contributed by atoms with Gasteiger partial charge in [0.15, 0.2) is 0 Å². The van der Waals surface area contributed by atoms with Crippen molar-refractivity contribution < 1.29 is 4.39 Å². The summed E-state index contributed by atoms with van der Waals surface area (Å²) in [5, 5.41) is 4.62. The summed E-state index contributed by atoms with van der Waals surface area (Å²) in [6.07, 6.45) is 5.68. The molecule has 4 unspecified atom stereocenters. The number of alkyl halides is 1. The first-order valence-electron chi connectivity index (χ1n) is 11.1. The molecule has 2 fully saturated rings. The molecule has 2 aromatic rings. The molecule has 1 aliphatic heterocycles. The van der Waals surface area contributed by atoms with Crippen molar-refractivity contribution >= 4 is 29.2 Å². The number of nitrogens with zero attached hydrogens (tertiary/aromatic N) is 4. The third-order valence-electron chi connectivity index (χ3n) is 6.70. The van der Waals surface area contributed by atoms with Crippen molar-refractivity contribution in [1.82, 2.24) is 20.2 Å². The molecular weight excluding hydrogens is 436 g/mol. The van der Waals surface area contributed by atoms with E-state index in [1.165, 1.54) is 0 Å². The molecule has 0 radical (unpaired) electrons. The van der Waals surface area contributed by atoms with Gasteiger partial charge in [-0.2, -0.15) is 0 Å². The summed E-state index contributed by atoms with van der Waals surface area (Å²) in [4.78, 5) is 12.9. The first kappa shape index (κ1) is 22.7. The smallest absolute Gasteiger partial charge is 0.225 e. The van der Waals surface area contributed by atoms with Crippen molar-refractivity contribution in [3.63, 3.8) is 0 Å². The van der Waals surface area contributed by atoms with E-state index in [-0.39, 0.29) is 12.1 Å². The van der Waals surface area contributed by atoms with E-state index in [2.05, 4.69) is 26.3 Å². The van der Waals surface area contributed by atoms with Crippen LogP contribution in [0.15, 0.2) is 36.7 Å². The van der Waals surface area contributed by atoms with Gasteiger partial charge in [0, 0.05) is 51.7 Å². The molecule has 1 saturated heterocycles. The normalized spacial score (nSPS) is 25.9. The fourth-order valence-corrected chi connectivity index (χ4v) is 5.45. The minimum atomic E-state index is -0.911. The maximum atomic E-state index is 15.3. The Kier molecular flexibility index (Phi) is 7.64. The van der Waals surface area contributed by atoms with E-state index >= 15 is 4.39 Å². The third-order valence-corrected chi connectivity index (χ3v) is 7.53. The number of anilines is 1. The monoisotopic (exact) mass is 465 g/mol. The lowest BCUT2D eigenvalue weighted by Crippen LogP contribution is -2.47. The lowest BCUT2D eigenvalue weighted by atomic mass is 9.79. The highest BCUT2D eigenvalue weighted by molar-refractivity contribution is 6.42. The van der Waals surface area contributed by atoms with Gasteiger partial charge in [-0.1, -0.05) is 35.3 Å². The van der Waals surface area contributed by atoms with E-state index in [0.29, 0.717) is 28.3 Å². The van der Waals surface area contributed by atoms with Crippen LogP contribution >= 0.6 is 23.2 Å². The number of hydrogen-bond acceptors (Lipinski definition) is 5. The maximum Gasteiger partial charge on any atom is 0.225 e. The average molecular weight is 466 g/mol. The quantitative estimate of drug-likeness (QED) is 0.665. The van der Waals surface area contributed by atoms with Gasteiger partial charge in [-0.25, -0.2) is 14.4 Å². The number of hydrogen-bond donors (Lipinski definition) is 1. The molecule has 0 spiro atoms. The van der Waals surface area contributed by atoms with Gasteiger partial charge < -0.3 is 10.2 Å². The van der Waals surface area contributed by atoms with Crippen molar-refractivity contribution in [2.45, 2.75) is 43.9 Å². The highest BCUT2D eigenvalue weighted by Crippen LogP contribution is 2.41. The Hall–Kier alpha value is -1.47. The zero-order chi connectivity index (χ0) is 21.8. The molecule has 1 saturated carbocycles. The van der Waals surface area contributed by atoms with E-state index in [4.69, 9.17) is 23.2 Å². The predicted octanol–water partition coefficient (Wildman–Crippen LogP) is 4.76. The van der Waals surface area contributed by atoms with Crippen LogP contribution in [0, 0.1) is 5.92 Å². The molecule has 1 aromatic heterocycles. The first-order chi connectivity index (χ1) is 15.0. The van der Waals surface area contributed by atoms with E-state index in [1.807, 2.05) is 24.1 Å². The number of nitrogens with one attached hydrogen (secondary N) is 1. The molecule has 4 atom stereocenters. The zero-order valence-corrected chi connectivity index (χ0v) is 19.4. The Morgan fingerprint density at radius 1 is 1.16 bits per heavy atom. The highest BCUT2D eigenvalue weighted by Gasteiger charge is 2.36. The standard InChI is InChI=1S/C23H30Cl2FN5/c1-30(23-28-8-3-9-29-23)20-7-6-16(14-19(20)26)15-21(31-12-10-27-11-13-31)17-4-2-5-18(24)22(17)25/h2-5,8-9,16,19-21,27H,6-7,10-15H2,1H3. The number of benzene rings is 1. The van der Waals surface area contributed by atoms with Crippen molar-refractivity contribution in [3.05, 3.63) is 52.3 Å². The Morgan fingerprint density at radius 3 is 2.61 bits per heavy atom. The number of piperazine rings is 1. The molecule has 31 heavy (non-hydrogen) atoms. The maximum absolute atomic E-state index is 15.3. The fourth-order valence-electron chi connectivity index (χ4n) is 5.01. The largest absolute Gasteiger partial charge is 0.338 e. The van der Waals surface area contributed by atoms with Gasteiger partial charge in [0.05, 0.1) is 16.1 Å². The van der Waals surface area contributed by atoms with Crippen LogP contribution in [-0.2, 0) is 0 Å². The van der Waals surface area contributed by atoms with Gasteiger partial charge in [0.1, 0.15) is 6.17 Å². The topological polar surface area (TPSA) is 44.3 Å². The molecule has 168 valence electrons. The van der Waals surface area contributed by atoms with Crippen molar-refractivity contribution in [2.24, 2.45) is 5.92 Å². The molecule has 1 N–H and O–H groups in total. The van der Waals surface area contributed by atoms with Gasteiger partial charge in [-0.05, 0) is 49.3 Å². The minimum Gasteiger partial charge on any atom is -0.338 e. The molecule has 0 amide bonds. The molecular formula is C23H30Cl2FN5. The van der Waals surface area contributed by atoms with Crippen LogP contribution in [0.5, 0.6) is 0 Å². The summed E-state index contributed by atoms with van der Waals surface area (Å²) >= 11 is 13.0. The molecule has 2 heterocycles. The molecule has 8 heteroatoms. The third kappa shape index (κ3) is 5.30. The Labute approximate surface area is 194 Å². The lowest BCUT2D eigenvalue weighted by Gasteiger charge is -2.41. The highest BCUT2D eigenvalue weighted by atomic mass is 35.5. The summed E-state index contributed by atoms with van der Waals surface area (Å²) in [6, 6.07) is 7.59. The Morgan fingerprint density at radius 2 is 1.90 bits per heavy atom. The molecule has 1 aliphatic carbocycles. The second kappa shape index (κ2) is 10.4. The zero-order valence-electron chi connectivity index (χ0n) is 17.9. The van der Waals surface area contributed by atoms with Crippen LogP contribution < -0.4 is 10.2 Å². The summed E-state index contributed by atoms with van der Waals surface area (Å²) < 4.78 is 15.3. The van der Waals surface area contributed by atoms with E-state index in [9.17, 15) is 0 Å². The van der Waals surface area contributed by atoms with E-state index in [0.717, 1.165) is 51.0 Å². The number of halogens is 3. The second-order valence-electron chi connectivity index (χ2n) is 8.60. The van der Waals surface area contributed by atoms with Crippen LogP contribution in [0.1, 0.15) is 37.3 Å². The number of rotatable bonds is 6. The van der Waals surface area contributed by atoms with Crippen LogP contribution in [-0.4, -0.2) is 60.3 Å². The van der Waals surface area contributed by atoms with Gasteiger partial charge in [-0.3, -0.25) is 4.90 Å². The fraction of sp³-hybridized carbons (Fsp3) is 0.565. The van der Waals surface area contributed by atoms with Gasteiger partial charge >= 0.3 is 0 Å². The van der Waals surface area contributed by atoms with Crippen LogP contribution in [0.3, 0.4) is 0 Å². The molecule has 1 aromatic carbocycles. The van der Waals surface area contributed by atoms with E-state index < -0.39 is 6.17 Å². The minimum absolute atomic E-state index is 0.150. The summed E-state index contributed by atoms with van der Waals surface area (Å²) in [7, 11) is 1.89. The first-order valence-corrected chi connectivity index (χ1v) is 11.8. The van der Waals surface area contributed by atoms with Crippen LogP contribution in [0.25, 0.3) is 0 Å². The van der Waals surface area contributed by atoms with Crippen LogP contribution in [0.2, 0.25) is 10.0 Å². The Balaban J connectivity index is 1.47. The van der Waals surface area contributed by atoms with Crippen molar-refractivity contribution in [3.8, 4) is 0 Å². The second-order valence-corrected chi connectivity index (χ2v) is 9.39. The molecule has 4 rings (SSSR count). The Bertz CT molecular complexity index is 849. The average Bonchev–Trinajstić information content (AvgIpc) is 2.80. The van der Waals surface area contributed by atoms with Crippen LogP contribution in [0.4, 0.5) is 10.3 Å². The van der Waals surface area contributed by atoms with Crippen molar-refractivity contribution in [1.29, 1.82) is 0 Å². The van der Waals surface area contributed by atoms with Gasteiger partial charge in [0.25, 0.3) is 0 Å². The molecule has 2 aliphatic rings. The summed E-state index contributed by atoms with van der Waals surface area (Å²) in [5.41, 5.74) is 1.06. The molecule has 0 bridgehead atoms.